The number of hydrogen-bond donors (Lipinski definition) is 2. The van der Waals surface area contributed by atoms with E-state index in [-0.39, 0.29) is 12.1 Å². The smallest absolute Gasteiger partial charge is 0.248 e. The van der Waals surface area contributed by atoms with E-state index in [9.17, 15) is 4.79 Å². The molecule has 21 heavy (non-hydrogen) atoms. The lowest BCUT2D eigenvalue weighted by Gasteiger charge is -2.23. The lowest BCUT2D eigenvalue weighted by atomic mass is 10.0. The van der Waals surface area contributed by atoms with Crippen molar-refractivity contribution in [2.24, 2.45) is 11.5 Å². The molecule has 0 aliphatic rings. The topological polar surface area (TPSA) is 78.3 Å². The molecule has 4 nitrogen and oxygen atoms in total. The van der Waals surface area contributed by atoms with Crippen LogP contribution in [-0.4, -0.2) is 11.9 Å². The van der Waals surface area contributed by atoms with Gasteiger partial charge in [-0.15, -0.1) is 0 Å². The third-order valence-electron chi connectivity index (χ3n) is 3.25. The highest BCUT2D eigenvalue weighted by Crippen LogP contribution is 2.25. The van der Waals surface area contributed by atoms with Gasteiger partial charge in [-0.2, -0.15) is 0 Å². The highest BCUT2D eigenvalue weighted by atomic mass is 16.5. The van der Waals surface area contributed by atoms with Gasteiger partial charge in [-0.05, 0) is 43.7 Å². The van der Waals surface area contributed by atoms with Gasteiger partial charge in [0.1, 0.15) is 11.9 Å². The second-order valence-electron chi connectivity index (χ2n) is 5.20. The Hall–Kier alpha value is -2.33. The molecule has 0 saturated carbocycles. The van der Waals surface area contributed by atoms with Crippen LogP contribution < -0.4 is 16.2 Å². The summed E-state index contributed by atoms with van der Waals surface area (Å²) in [4.78, 5) is 11.1. The van der Waals surface area contributed by atoms with E-state index >= 15 is 0 Å². The third-order valence-corrected chi connectivity index (χ3v) is 3.25. The Morgan fingerprint density at radius 2 is 1.81 bits per heavy atom. The minimum Gasteiger partial charge on any atom is -0.484 e. The molecule has 1 amide bonds. The van der Waals surface area contributed by atoms with E-state index < -0.39 is 5.91 Å². The number of primary amides is 1. The molecule has 110 valence electrons. The lowest BCUT2D eigenvalue weighted by molar-refractivity contribution is 0.1000. The Kier molecular flexibility index (Phi) is 4.60. The van der Waals surface area contributed by atoms with E-state index in [2.05, 4.69) is 6.07 Å². The monoisotopic (exact) mass is 284 g/mol. The fourth-order valence-corrected chi connectivity index (χ4v) is 2.17. The molecule has 2 rings (SSSR count). The van der Waals surface area contributed by atoms with Crippen molar-refractivity contribution in [3.05, 3.63) is 65.2 Å². The van der Waals surface area contributed by atoms with Gasteiger partial charge in [0, 0.05) is 11.6 Å². The summed E-state index contributed by atoms with van der Waals surface area (Å²) in [7, 11) is 0. The van der Waals surface area contributed by atoms with E-state index in [1.165, 1.54) is 0 Å². The molecule has 0 bridgehead atoms. The molecule has 2 unspecified atom stereocenters. The van der Waals surface area contributed by atoms with Gasteiger partial charge in [-0.1, -0.05) is 29.8 Å². The fourth-order valence-electron chi connectivity index (χ4n) is 2.17. The molecule has 0 aliphatic carbocycles. The summed E-state index contributed by atoms with van der Waals surface area (Å²) in [6.45, 7) is 3.94. The summed E-state index contributed by atoms with van der Waals surface area (Å²) in [5.74, 6) is 0.202. The first-order chi connectivity index (χ1) is 9.97. The fraction of sp³-hybridized carbons (Fsp3) is 0.235. The average molecular weight is 284 g/mol. The van der Waals surface area contributed by atoms with Gasteiger partial charge in [0.15, 0.2) is 0 Å². The highest BCUT2D eigenvalue weighted by Gasteiger charge is 2.18. The predicted molar refractivity (Wildman–Crippen MR) is 83.2 cm³/mol. The van der Waals surface area contributed by atoms with Crippen LogP contribution in [0.4, 0.5) is 0 Å². The molecule has 0 saturated heterocycles. The second-order valence-corrected chi connectivity index (χ2v) is 5.20. The van der Waals surface area contributed by atoms with Crippen molar-refractivity contribution >= 4 is 5.91 Å². The maximum atomic E-state index is 11.1. The van der Waals surface area contributed by atoms with Crippen LogP contribution in [0.2, 0.25) is 0 Å². The van der Waals surface area contributed by atoms with Crippen molar-refractivity contribution in [1.82, 2.24) is 0 Å². The van der Waals surface area contributed by atoms with Crippen LogP contribution in [0.15, 0.2) is 48.5 Å². The Morgan fingerprint density at radius 3 is 2.33 bits per heavy atom. The molecule has 4 heteroatoms. The van der Waals surface area contributed by atoms with Gasteiger partial charge in [-0.3, -0.25) is 4.79 Å². The minimum absolute atomic E-state index is 0.164. The predicted octanol–water partition coefficient (Wildman–Crippen LogP) is 2.56. The molecule has 0 heterocycles. The Balaban J connectivity index is 2.22. The SMILES string of the molecule is Cc1cccc(C(Oc2ccc(C(N)=O)cc2)C(C)N)c1. The molecule has 2 atom stereocenters. The largest absolute Gasteiger partial charge is 0.484 e. The van der Waals surface area contributed by atoms with Crippen LogP contribution in [0, 0.1) is 6.92 Å². The first-order valence-electron chi connectivity index (χ1n) is 6.86. The summed E-state index contributed by atoms with van der Waals surface area (Å²) < 4.78 is 5.97. The van der Waals surface area contributed by atoms with E-state index in [0.29, 0.717) is 11.3 Å². The van der Waals surface area contributed by atoms with Crippen molar-refractivity contribution in [2.75, 3.05) is 0 Å². The Morgan fingerprint density at radius 1 is 1.14 bits per heavy atom. The molecule has 0 spiro atoms. The Labute approximate surface area is 124 Å². The molecular weight excluding hydrogens is 264 g/mol. The number of aryl methyl sites for hydroxylation is 1. The van der Waals surface area contributed by atoms with Gasteiger partial charge < -0.3 is 16.2 Å². The average Bonchev–Trinajstić information content (AvgIpc) is 2.45. The van der Waals surface area contributed by atoms with Crippen molar-refractivity contribution in [2.45, 2.75) is 26.0 Å². The summed E-state index contributed by atoms with van der Waals surface area (Å²) >= 11 is 0. The minimum atomic E-state index is -0.455. The van der Waals surface area contributed by atoms with E-state index in [0.717, 1.165) is 11.1 Å². The molecular formula is C17H20N2O2. The molecule has 2 aromatic rings. The number of amides is 1. The quantitative estimate of drug-likeness (QED) is 0.885. The van der Waals surface area contributed by atoms with Crippen molar-refractivity contribution in [3.8, 4) is 5.75 Å². The van der Waals surface area contributed by atoms with Crippen LogP contribution in [0.5, 0.6) is 5.75 Å². The number of rotatable bonds is 5. The number of carbonyl (C=O) groups excluding carboxylic acids is 1. The lowest BCUT2D eigenvalue weighted by Crippen LogP contribution is -2.29. The molecule has 2 aromatic carbocycles. The first kappa shape index (κ1) is 15.1. The number of hydrogen-bond acceptors (Lipinski definition) is 3. The van der Waals surface area contributed by atoms with Crippen molar-refractivity contribution < 1.29 is 9.53 Å². The van der Waals surface area contributed by atoms with Gasteiger partial charge in [0.25, 0.3) is 0 Å². The number of ether oxygens (including phenoxy) is 1. The van der Waals surface area contributed by atoms with Crippen molar-refractivity contribution in [1.29, 1.82) is 0 Å². The molecule has 0 aliphatic heterocycles. The zero-order valence-corrected chi connectivity index (χ0v) is 12.2. The van der Waals surface area contributed by atoms with Crippen LogP contribution in [0.25, 0.3) is 0 Å². The standard InChI is InChI=1S/C17H20N2O2/c1-11-4-3-5-14(10-11)16(12(2)18)21-15-8-6-13(7-9-15)17(19)20/h3-10,12,16H,18H2,1-2H3,(H2,19,20). The van der Waals surface area contributed by atoms with Gasteiger partial charge in [0.05, 0.1) is 0 Å². The summed E-state index contributed by atoms with van der Waals surface area (Å²) in [6, 6.07) is 14.7. The first-order valence-corrected chi connectivity index (χ1v) is 6.86. The summed E-state index contributed by atoms with van der Waals surface area (Å²) in [6.07, 6.45) is -0.246. The van der Waals surface area contributed by atoms with Crippen LogP contribution in [0.1, 0.15) is 34.5 Å². The van der Waals surface area contributed by atoms with Gasteiger partial charge in [0.2, 0.25) is 5.91 Å². The number of nitrogens with two attached hydrogens (primary N) is 2. The number of benzene rings is 2. The van der Waals surface area contributed by atoms with Crippen molar-refractivity contribution in [3.63, 3.8) is 0 Å². The highest BCUT2D eigenvalue weighted by molar-refractivity contribution is 5.92. The third kappa shape index (κ3) is 3.83. The van der Waals surface area contributed by atoms with Gasteiger partial charge in [-0.25, -0.2) is 0 Å². The zero-order chi connectivity index (χ0) is 15.4. The van der Waals surface area contributed by atoms with Crippen LogP contribution >= 0.6 is 0 Å². The van der Waals surface area contributed by atoms with E-state index in [1.54, 1.807) is 24.3 Å². The maximum Gasteiger partial charge on any atom is 0.248 e. The second kappa shape index (κ2) is 6.41. The Bertz CT molecular complexity index is 621. The molecule has 4 N–H and O–H groups in total. The molecule has 0 fully saturated rings. The summed E-state index contributed by atoms with van der Waals surface area (Å²) in [5, 5.41) is 0. The van der Waals surface area contributed by atoms with E-state index in [1.807, 2.05) is 32.0 Å². The van der Waals surface area contributed by atoms with E-state index in [4.69, 9.17) is 16.2 Å². The van der Waals surface area contributed by atoms with Gasteiger partial charge >= 0.3 is 0 Å². The number of carbonyl (C=O) groups is 1. The normalized spacial score (nSPS) is 13.5. The zero-order valence-electron chi connectivity index (χ0n) is 12.2. The summed E-state index contributed by atoms with van der Waals surface area (Å²) in [5.41, 5.74) is 13.9. The van der Waals surface area contributed by atoms with Crippen LogP contribution in [-0.2, 0) is 0 Å². The van der Waals surface area contributed by atoms with Crippen LogP contribution in [0.3, 0.4) is 0 Å². The molecule has 0 radical (unpaired) electrons. The maximum absolute atomic E-state index is 11.1. The molecule has 0 aromatic heterocycles.